The standard InChI is InChI=1S/C17H25ClN2O/c1-2-21-17-13(6-3-7-15(17)18)10-20-9-12-5-4-8-16(19)14(12)11-20/h3,6-7,12,14,16H,2,4-5,8-11,19H2,1H3. The number of rotatable bonds is 4. The third-order valence-corrected chi connectivity index (χ3v) is 5.26. The van der Waals surface area contributed by atoms with Gasteiger partial charge in [0.1, 0.15) is 5.75 Å². The van der Waals surface area contributed by atoms with Crippen LogP contribution in [0.4, 0.5) is 0 Å². The van der Waals surface area contributed by atoms with E-state index in [-0.39, 0.29) is 0 Å². The van der Waals surface area contributed by atoms with Gasteiger partial charge in [0.2, 0.25) is 0 Å². The van der Waals surface area contributed by atoms with E-state index in [0.29, 0.717) is 23.6 Å². The summed E-state index contributed by atoms with van der Waals surface area (Å²) in [6.07, 6.45) is 3.82. The van der Waals surface area contributed by atoms with Gasteiger partial charge in [-0.1, -0.05) is 30.2 Å². The number of para-hydroxylation sites is 1. The molecule has 0 amide bonds. The maximum atomic E-state index is 6.30. The fourth-order valence-electron chi connectivity index (χ4n) is 3.96. The molecule has 0 bridgehead atoms. The monoisotopic (exact) mass is 308 g/mol. The zero-order chi connectivity index (χ0) is 14.8. The molecule has 2 N–H and O–H groups in total. The van der Waals surface area contributed by atoms with Crippen LogP contribution >= 0.6 is 11.6 Å². The van der Waals surface area contributed by atoms with Gasteiger partial charge in [-0.3, -0.25) is 4.90 Å². The summed E-state index contributed by atoms with van der Waals surface area (Å²) in [5, 5.41) is 0.711. The van der Waals surface area contributed by atoms with Gasteiger partial charge in [0.05, 0.1) is 11.6 Å². The molecule has 0 radical (unpaired) electrons. The highest BCUT2D eigenvalue weighted by Gasteiger charge is 2.38. The Bertz CT molecular complexity index is 494. The molecule has 2 aliphatic rings. The second-order valence-corrected chi connectivity index (χ2v) is 6.78. The largest absolute Gasteiger partial charge is 0.492 e. The Kier molecular flexibility index (Phi) is 4.72. The fourth-order valence-corrected chi connectivity index (χ4v) is 4.21. The lowest BCUT2D eigenvalue weighted by atomic mass is 9.78. The molecule has 2 fully saturated rings. The predicted octanol–water partition coefficient (Wildman–Crippen LogP) is 3.30. The second kappa shape index (κ2) is 6.55. The lowest BCUT2D eigenvalue weighted by Gasteiger charge is -2.29. The molecule has 3 nitrogen and oxygen atoms in total. The Balaban J connectivity index is 1.71. The van der Waals surface area contributed by atoms with Crippen LogP contribution in [0.5, 0.6) is 5.75 Å². The summed E-state index contributed by atoms with van der Waals surface area (Å²) in [4.78, 5) is 2.52. The molecule has 3 unspecified atom stereocenters. The van der Waals surface area contributed by atoms with E-state index in [9.17, 15) is 0 Å². The molecule has 1 aromatic carbocycles. The molecule has 116 valence electrons. The number of fused-ring (bicyclic) bond motifs is 1. The minimum Gasteiger partial charge on any atom is -0.492 e. The number of nitrogens with two attached hydrogens (primary N) is 1. The summed E-state index contributed by atoms with van der Waals surface area (Å²) >= 11 is 6.28. The van der Waals surface area contributed by atoms with Crippen molar-refractivity contribution in [2.24, 2.45) is 17.6 Å². The van der Waals surface area contributed by atoms with E-state index in [1.165, 1.54) is 24.8 Å². The second-order valence-electron chi connectivity index (χ2n) is 6.37. The number of hydrogen-bond donors (Lipinski definition) is 1. The fraction of sp³-hybridized carbons (Fsp3) is 0.647. The van der Waals surface area contributed by atoms with E-state index in [4.69, 9.17) is 22.1 Å². The Morgan fingerprint density at radius 2 is 2.19 bits per heavy atom. The molecular weight excluding hydrogens is 284 g/mol. The van der Waals surface area contributed by atoms with Gasteiger partial charge in [-0.05, 0) is 37.7 Å². The SMILES string of the molecule is CCOc1c(Cl)cccc1CN1CC2CCCC(N)C2C1. The van der Waals surface area contributed by atoms with Gasteiger partial charge in [0.25, 0.3) is 0 Å². The van der Waals surface area contributed by atoms with E-state index in [0.717, 1.165) is 31.3 Å². The molecule has 1 saturated heterocycles. The minimum absolute atomic E-state index is 0.388. The first-order chi connectivity index (χ1) is 10.2. The lowest BCUT2D eigenvalue weighted by Crippen LogP contribution is -2.38. The van der Waals surface area contributed by atoms with Crippen LogP contribution < -0.4 is 10.5 Å². The maximum Gasteiger partial charge on any atom is 0.142 e. The van der Waals surface area contributed by atoms with Gasteiger partial charge < -0.3 is 10.5 Å². The van der Waals surface area contributed by atoms with Crippen molar-refractivity contribution in [1.82, 2.24) is 4.90 Å². The molecular formula is C17H25ClN2O. The lowest BCUT2D eigenvalue weighted by molar-refractivity contribution is 0.259. The van der Waals surface area contributed by atoms with Gasteiger partial charge in [-0.15, -0.1) is 0 Å². The van der Waals surface area contributed by atoms with Crippen LogP contribution in [0.1, 0.15) is 31.7 Å². The van der Waals surface area contributed by atoms with Crippen LogP contribution in [-0.2, 0) is 6.54 Å². The summed E-state index contributed by atoms with van der Waals surface area (Å²) in [5.74, 6) is 2.30. The number of hydrogen-bond acceptors (Lipinski definition) is 3. The zero-order valence-corrected chi connectivity index (χ0v) is 13.5. The van der Waals surface area contributed by atoms with Gasteiger partial charge in [0, 0.05) is 31.2 Å². The van der Waals surface area contributed by atoms with Gasteiger partial charge in [0.15, 0.2) is 0 Å². The predicted molar refractivity (Wildman–Crippen MR) is 86.7 cm³/mol. The van der Waals surface area contributed by atoms with Crippen molar-refractivity contribution in [2.75, 3.05) is 19.7 Å². The molecule has 1 aliphatic heterocycles. The Morgan fingerprint density at radius 3 is 2.95 bits per heavy atom. The molecule has 3 rings (SSSR count). The quantitative estimate of drug-likeness (QED) is 0.927. The first kappa shape index (κ1) is 15.1. The van der Waals surface area contributed by atoms with E-state index in [1.54, 1.807) is 0 Å². The van der Waals surface area contributed by atoms with E-state index < -0.39 is 0 Å². The number of benzene rings is 1. The summed E-state index contributed by atoms with van der Waals surface area (Å²) in [5.41, 5.74) is 7.50. The zero-order valence-electron chi connectivity index (χ0n) is 12.7. The van der Waals surface area contributed by atoms with E-state index in [1.807, 2.05) is 19.1 Å². The number of halogens is 1. The molecule has 1 aromatic rings. The first-order valence-electron chi connectivity index (χ1n) is 8.07. The highest BCUT2D eigenvalue weighted by Crippen LogP contribution is 2.37. The number of nitrogens with zero attached hydrogens (tertiary/aromatic N) is 1. The van der Waals surface area contributed by atoms with Crippen molar-refractivity contribution in [1.29, 1.82) is 0 Å². The number of likely N-dealkylation sites (tertiary alicyclic amines) is 1. The molecule has 1 saturated carbocycles. The highest BCUT2D eigenvalue weighted by atomic mass is 35.5. The topological polar surface area (TPSA) is 38.5 Å². The van der Waals surface area contributed by atoms with Crippen molar-refractivity contribution in [3.8, 4) is 5.75 Å². The molecule has 0 aromatic heterocycles. The highest BCUT2D eigenvalue weighted by molar-refractivity contribution is 6.32. The van der Waals surface area contributed by atoms with Crippen molar-refractivity contribution in [2.45, 2.75) is 38.8 Å². The van der Waals surface area contributed by atoms with Gasteiger partial charge >= 0.3 is 0 Å². The third kappa shape index (κ3) is 3.20. The van der Waals surface area contributed by atoms with Crippen LogP contribution in [0.2, 0.25) is 5.02 Å². The summed E-state index contributed by atoms with van der Waals surface area (Å²) in [6, 6.07) is 6.42. The van der Waals surface area contributed by atoms with Gasteiger partial charge in [-0.2, -0.15) is 0 Å². The molecule has 21 heavy (non-hydrogen) atoms. The minimum atomic E-state index is 0.388. The van der Waals surface area contributed by atoms with Crippen LogP contribution in [0.15, 0.2) is 18.2 Å². The summed E-state index contributed by atoms with van der Waals surface area (Å²) in [7, 11) is 0. The smallest absolute Gasteiger partial charge is 0.142 e. The summed E-state index contributed by atoms with van der Waals surface area (Å²) < 4.78 is 5.73. The average molecular weight is 309 g/mol. The number of ether oxygens (including phenoxy) is 1. The van der Waals surface area contributed by atoms with Crippen molar-refractivity contribution < 1.29 is 4.74 Å². The van der Waals surface area contributed by atoms with Crippen molar-refractivity contribution in [3.63, 3.8) is 0 Å². The van der Waals surface area contributed by atoms with E-state index in [2.05, 4.69) is 11.0 Å². The van der Waals surface area contributed by atoms with Crippen LogP contribution in [0.25, 0.3) is 0 Å². The molecule has 3 atom stereocenters. The van der Waals surface area contributed by atoms with Gasteiger partial charge in [-0.25, -0.2) is 0 Å². The van der Waals surface area contributed by atoms with Crippen molar-refractivity contribution in [3.05, 3.63) is 28.8 Å². The average Bonchev–Trinajstić information content (AvgIpc) is 2.87. The van der Waals surface area contributed by atoms with Crippen LogP contribution in [-0.4, -0.2) is 30.6 Å². The van der Waals surface area contributed by atoms with Crippen molar-refractivity contribution >= 4 is 11.6 Å². The molecule has 0 spiro atoms. The Hall–Kier alpha value is -0.770. The molecule has 1 heterocycles. The van der Waals surface area contributed by atoms with E-state index >= 15 is 0 Å². The molecule has 1 aliphatic carbocycles. The normalized spacial score (nSPS) is 29.4. The Morgan fingerprint density at radius 1 is 1.33 bits per heavy atom. The van der Waals surface area contributed by atoms with Crippen LogP contribution in [0, 0.1) is 11.8 Å². The molecule has 4 heteroatoms. The third-order valence-electron chi connectivity index (χ3n) is 4.96. The maximum absolute atomic E-state index is 6.30. The Labute approximate surface area is 132 Å². The first-order valence-corrected chi connectivity index (χ1v) is 8.45. The summed E-state index contributed by atoms with van der Waals surface area (Å²) in [6.45, 7) is 5.83. The van der Waals surface area contributed by atoms with Crippen LogP contribution in [0.3, 0.4) is 0 Å².